The van der Waals surface area contributed by atoms with Crippen LogP contribution in [0.3, 0.4) is 0 Å². The van der Waals surface area contributed by atoms with E-state index >= 15 is 0 Å². The Balaban J connectivity index is 1.80. The van der Waals surface area contributed by atoms with Crippen LogP contribution in [0.1, 0.15) is 32.8 Å². The lowest BCUT2D eigenvalue weighted by atomic mass is 10.1. The summed E-state index contributed by atoms with van der Waals surface area (Å²) < 4.78 is 4.48. The maximum atomic E-state index is 12.4. The topological polar surface area (TPSA) is 84.5 Å². The van der Waals surface area contributed by atoms with Gasteiger partial charge in [-0.05, 0) is 30.4 Å². The van der Waals surface area contributed by atoms with Gasteiger partial charge in [-0.3, -0.25) is 14.9 Å². The van der Waals surface area contributed by atoms with Gasteiger partial charge < -0.3 is 10.1 Å². The van der Waals surface area contributed by atoms with Crippen LogP contribution in [0.4, 0.5) is 9.80 Å². The molecule has 0 spiro atoms. The van der Waals surface area contributed by atoms with E-state index in [1.807, 2.05) is 30.3 Å². The molecule has 3 amide bonds. The number of hydrogen-bond acceptors (Lipinski definition) is 5. The van der Waals surface area contributed by atoms with Gasteiger partial charge in [-0.15, -0.1) is 11.3 Å². The van der Waals surface area contributed by atoms with Gasteiger partial charge in [-0.1, -0.05) is 30.3 Å². The number of amides is 3. The number of thiophene rings is 1. The lowest BCUT2D eigenvalue weighted by molar-refractivity contribution is -0.115. The minimum absolute atomic E-state index is 0.196. The smallest absolute Gasteiger partial charge is 0.413 e. The van der Waals surface area contributed by atoms with Crippen molar-refractivity contribution in [3.63, 3.8) is 0 Å². The zero-order valence-corrected chi connectivity index (χ0v) is 14.6. The number of fused-ring (bicyclic) bond motifs is 1. The highest BCUT2D eigenvalue weighted by atomic mass is 32.1. The molecule has 3 rings (SSSR count). The first-order valence-electron chi connectivity index (χ1n) is 7.96. The van der Waals surface area contributed by atoms with Crippen LogP contribution in [0.25, 0.3) is 0 Å². The number of carbonyl (C=O) groups excluding carboxylic acids is 3. The van der Waals surface area contributed by atoms with E-state index in [4.69, 9.17) is 0 Å². The Morgan fingerprint density at radius 2 is 1.92 bits per heavy atom. The summed E-state index contributed by atoms with van der Waals surface area (Å²) >= 11 is 1.41. The van der Waals surface area contributed by atoms with Gasteiger partial charge >= 0.3 is 6.09 Å². The van der Waals surface area contributed by atoms with E-state index in [0.29, 0.717) is 10.6 Å². The molecular weight excluding hydrogens is 340 g/mol. The van der Waals surface area contributed by atoms with Crippen molar-refractivity contribution in [1.29, 1.82) is 0 Å². The summed E-state index contributed by atoms with van der Waals surface area (Å²) in [6.07, 6.45) is 2.03. The lowest BCUT2D eigenvalue weighted by Crippen LogP contribution is -2.31. The fourth-order valence-corrected chi connectivity index (χ4v) is 4.19. The molecule has 1 aliphatic rings. The van der Waals surface area contributed by atoms with Crippen LogP contribution < -0.4 is 10.6 Å². The Kier molecular flexibility index (Phi) is 5.14. The Bertz CT molecular complexity index is 814. The molecule has 2 aromatic rings. The van der Waals surface area contributed by atoms with E-state index in [-0.39, 0.29) is 12.3 Å². The Morgan fingerprint density at radius 1 is 1.16 bits per heavy atom. The molecule has 0 fully saturated rings. The molecule has 7 heteroatoms. The molecule has 0 aliphatic heterocycles. The molecule has 1 aliphatic carbocycles. The molecular formula is C18H18N2O4S. The van der Waals surface area contributed by atoms with Crippen molar-refractivity contribution in [3.05, 3.63) is 51.9 Å². The number of ether oxygens (including phenoxy) is 1. The molecule has 0 atom stereocenters. The Hall–Kier alpha value is -2.67. The number of anilines is 1. The third-order valence-electron chi connectivity index (χ3n) is 4.01. The van der Waals surface area contributed by atoms with Gasteiger partial charge in [0.1, 0.15) is 5.00 Å². The van der Waals surface area contributed by atoms with E-state index in [1.165, 1.54) is 18.4 Å². The number of carbonyl (C=O) groups is 3. The summed E-state index contributed by atoms with van der Waals surface area (Å²) in [5.41, 5.74) is 2.19. The Morgan fingerprint density at radius 3 is 2.64 bits per heavy atom. The summed E-state index contributed by atoms with van der Waals surface area (Å²) in [7, 11) is 1.20. The summed E-state index contributed by atoms with van der Waals surface area (Å²) in [6, 6.07) is 9.38. The normalized spacial score (nSPS) is 12.4. The van der Waals surface area contributed by atoms with Crippen molar-refractivity contribution in [3.8, 4) is 0 Å². The molecule has 130 valence electrons. The van der Waals surface area contributed by atoms with Gasteiger partial charge in [0.2, 0.25) is 5.91 Å². The van der Waals surface area contributed by atoms with Crippen LogP contribution >= 0.6 is 11.3 Å². The van der Waals surface area contributed by atoms with E-state index in [1.54, 1.807) is 0 Å². The zero-order chi connectivity index (χ0) is 17.8. The fourth-order valence-electron chi connectivity index (χ4n) is 2.89. The second-order valence-electron chi connectivity index (χ2n) is 5.72. The number of benzene rings is 1. The minimum Gasteiger partial charge on any atom is -0.453 e. The highest BCUT2D eigenvalue weighted by molar-refractivity contribution is 7.17. The van der Waals surface area contributed by atoms with Crippen molar-refractivity contribution in [2.24, 2.45) is 0 Å². The lowest BCUT2D eigenvalue weighted by Gasteiger charge is -2.08. The predicted octanol–water partition coefficient (Wildman–Crippen LogP) is 2.91. The highest BCUT2D eigenvalue weighted by Gasteiger charge is 2.28. The first-order valence-corrected chi connectivity index (χ1v) is 8.77. The maximum absolute atomic E-state index is 12.4. The number of hydrogen-bond donors (Lipinski definition) is 2. The van der Waals surface area contributed by atoms with Crippen molar-refractivity contribution < 1.29 is 19.1 Å². The summed E-state index contributed by atoms with van der Waals surface area (Å²) in [4.78, 5) is 37.2. The molecule has 0 saturated heterocycles. The molecule has 1 heterocycles. The molecule has 0 saturated carbocycles. The molecule has 1 aromatic heterocycles. The summed E-state index contributed by atoms with van der Waals surface area (Å²) in [6.45, 7) is 0. The van der Waals surface area contributed by atoms with Crippen molar-refractivity contribution >= 4 is 34.2 Å². The number of imide groups is 1. The largest absolute Gasteiger partial charge is 0.453 e. The molecule has 25 heavy (non-hydrogen) atoms. The minimum atomic E-state index is -0.815. The zero-order valence-electron chi connectivity index (χ0n) is 13.8. The summed E-state index contributed by atoms with van der Waals surface area (Å²) in [5.74, 6) is -0.737. The monoisotopic (exact) mass is 358 g/mol. The van der Waals surface area contributed by atoms with Crippen LogP contribution in [-0.2, 0) is 28.8 Å². The van der Waals surface area contributed by atoms with Crippen molar-refractivity contribution in [1.82, 2.24) is 5.32 Å². The van der Waals surface area contributed by atoms with Crippen LogP contribution in [0.15, 0.2) is 30.3 Å². The summed E-state index contributed by atoms with van der Waals surface area (Å²) in [5, 5.41) is 5.50. The Labute approximate surface area is 149 Å². The highest BCUT2D eigenvalue weighted by Crippen LogP contribution is 2.39. The van der Waals surface area contributed by atoms with E-state index in [2.05, 4.69) is 15.4 Å². The number of nitrogens with one attached hydrogen (secondary N) is 2. The number of aryl methyl sites for hydroxylation is 1. The molecule has 0 bridgehead atoms. The van der Waals surface area contributed by atoms with Gasteiger partial charge in [-0.2, -0.15) is 0 Å². The van der Waals surface area contributed by atoms with Gasteiger partial charge in [0.05, 0.1) is 19.1 Å². The molecule has 0 unspecified atom stereocenters. The number of alkyl carbamates (subject to hydrolysis) is 1. The first kappa shape index (κ1) is 17.2. The molecule has 1 aromatic carbocycles. The van der Waals surface area contributed by atoms with Crippen LogP contribution in [0, 0.1) is 0 Å². The maximum Gasteiger partial charge on any atom is 0.413 e. The number of rotatable bonds is 4. The molecule has 0 radical (unpaired) electrons. The van der Waals surface area contributed by atoms with Crippen LogP contribution in [0.2, 0.25) is 0 Å². The van der Waals surface area contributed by atoms with E-state index < -0.39 is 12.0 Å². The van der Waals surface area contributed by atoms with Crippen LogP contribution in [-0.4, -0.2) is 25.0 Å². The predicted molar refractivity (Wildman–Crippen MR) is 95.0 cm³/mol. The SMILES string of the molecule is COC(=O)NC(=O)c1c(NC(=O)Cc2ccccc2)sc2c1CCC2. The first-order chi connectivity index (χ1) is 12.1. The van der Waals surface area contributed by atoms with Gasteiger partial charge in [0.25, 0.3) is 5.91 Å². The van der Waals surface area contributed by atoms with Crippen molar-refractivity contribution in [2.75, 3.05) is 12.4 Å². The third kappa shape index (κ3) is 3.88. The van der Waals surface area contributed by atoms with Crippen LogP contribution in [0.5, 0.6) is 0 Å². The quantitative estimate of drug-likeness (QED) is 0.880. The second-order valence-corrected chi connectivity index (χ2v) is 6.82. The molecule has 2 N–H and O–H groups in total. The number of methoxy groups -OCH3 is 1. The average molecular weight is 358 g/mol. The molecule has 6 nitrogen and oxygen atoms in total. The van der Waals surface area contributed by atoms with E-state index in [9.17, 15) is 14.4 Å². The average Bonchev–Trinajstić information content (AvgIpc) is 3.15. The van der Waals surface area contributed by atoms with Crippen molar-refractivity contribution in [2.45, 2.75) is 25.7 Å². The van der Waals surface area contributed by atoms with Gasteiger partial charge in [0.15, 0.2) is 0 Å². The van der Waals surface area contributed by atoms with Gasteiger partial charge in [-0.25, -0.2) is 4.79 Å². The standard InChI is InChI=1S/C18H18N2O4S/c1-24-18(23)20-16(22)15-12-8-5-9-13(12)25-17(15)19-14(21)10-11-6-3-2-4-7-11/h2-4,6-7H,5,8-10H2,1H3,(H,19,21)(H,20,22,23). The van der Waals surface area contributed by atoms with Gasteiger partial charge in [0, 0.05) is 4.88 Å². The fraction of sp³-hybridized carbons (Fsp3) is 0.278. The van der Waals surface area contributed by atoms with E-state index in [0.717, 1.165) is 35.3 Å². The second kappa shape index (κ2) is 7.48. The third-order valence-corrected chi connectivity index (χ3v) is 5.22.